The third-order valence-electron chi connectivity index (χ3n) is 4.35. The molecular formula is C20H18N2O3S2. The quantitative estimate of drug-likeness (QED) is 0.666. The van der Waals surface area contributed by atoms with E-state index in [1.807, 2.05) is 35.7 Å². The fourth-order valence-corrected chi connectivity index (χ4v) is 4.75. The highest BCUT2D eigenvalue weighted by Crippen LogP contribution is 2.31. The zero-order chi connectivity index (χ0) is 18.7. The van der Waals surface area contributed by atoms with E-state index in [1.54, 1.807) is 29.8 Å². The number of aromatic nitrogens is 1. The Morgan fingerprint density at radius 3 is 2.74 bits per heavy atom. The van der Waals surface area contributed by atoms with Crippen LogP contribution in [0.25, 0.3) is 6.08 Å². The average Bonchev–Trinajstić information content (AvgIpc) is 3.20. The molecule has 3 aromatic rings. The van der Waals surface area contributed by atoms with Gasteiger partial charge in [0.25, 0.3) is 10.0 Å². The predicted octanol–water partition coefficient (Wildman–Crippen LogP) is 4.45. The van der Waals surface area contributed by atoms with Gasteiger partial charge in [-0.3, -0.25) is 4.72 Å². The summed E-state index contributed by atoms with van der Waals surface area (Å²) < 4.78 is 34.3. The van der Waals surface area contributed by atoms with Gasteiger partial charge in [0.2, 0.25) is 0 Å². The Morgan fingerprint density at radius 2 is 1.89 bits per heavy atom. The lowest BCUT2D eigenvalue weighted by atomic mass is 9.98. The van der Waals surface area contributed by atoms with E-state index in [4.69, 9.17) is 4.74 Å². The van der Waals surface area contributed by atoms with Gasteiger partial charge in [-0.1, -0.05) is 36.4 Å². The highest BCUT2D eigenvalue weighted by molar-refractivity contribution is 7.96. The molecule has 1 aliphatic carbocycles. The van der Waals surface area contributed by atoms with Crippen LogP contribution >= 0.6 is 11.3 Å². The van der Waals surface area contributed by atoms with Crippen LogP contribution < -0.4 is 9.46 Å². The smallest absolute Gasteiger partial charge is 0.258 e. The molecule has 0 radical (unpaired) electrons. The molecule has 5 nitrogen and oxygen atoms in total. The van der Waals surface area contributed by atoms with Gasteiger partial charge in [0, 0.05) is 5.38 Å². The summed E-state index contributed by atoms with van der Waals surface area (Å²) in [5.74, 6) is 0.478. The number of nitrogens with one attached hydrogen (secondary N) is 1. The van der Waals surface area contributed by atoms with Crippen molar-refractivity contribution in [3.05, 3.63) is 81.1 Å². The second-order valence-corrected chi connectivity index (χ2v) is 8.63. The third kappa shape index (κ3) is 4.04. The standard InChI is InChI=1S/C20H18N2O3S2/c23-27(24,18-10-9-15-5-1-2-6-16(15)11-18)22-19-7-3-4-8-20(19)25-12-17-13-26-14-21-17/h1-8,11,13-14,22H,9-10,12H2. The number of benzene rings is 2. The van der Waals surface area contributed by atoms with Crippen molar-refractivity contribution in [3.63, 3.8) is 0 Å². The zero-order valence-corrected chi connectivity index (χ0v) is 16.1. The number of rotatable bonds is 6. The van der Waals surface area contributed by atoms with Gasteiger partial charge < -0.3 is 4.74 Å². The van der Waals surface area contributed by atoms with Crippen LogP contribution in [0.5, 0.6) is 5.75 Å². The highest BCUT2D eigenvalue weighted by atomic mass is 32.2. The Hall–Kier alpha value is -2.64. The number of para-hydroxylation sites is 2. The molecule has 1 aromatic heterocycles. The normalized spacial score (nSPS) is 13.6. The van der Waals surface area contributed by atoms with E-state index in [-0.39, 0.29) is 6.61 Å². The number of hydrogen-bond donors (Lipinski definition) is 1. The fourth-order valence-electron chi connectivity index (χ4n) is 2.97. The van der Waals surface area contributed by atoms with Crippen molar-refractivity contribution < 1.29 is 13.2 Å². The number of aryl methyl sites for hydroxylation is 1. The van der Waals surface area contributed by atoms with Gasteiger partial charge in [0.05, 0.1) is 21.8 Å². The van der Waals surface area contributed by atoms with Gasteiger partial charge in [-0.15, -0.1) is 11.3 Å². The van der Waals surface area contributed by atoms with Crippen molar-refractivity contribution in [1.29, 1.82) is 0 Å². The lowest BCUT2D eigenvalue weighted by Gasteiger charge is -2.18. The number of ether oxygens (including phenoxy) is 1. The van der Waals surface area contributed by atoms with E-state index in [1.165, 1.54) is 16.9 Å². The molecule has 0 saturated heterocycles. The molecule has 7 heteroatoms. The minimum Gasteiger partial charge on any atom is -0.485 e. The molecule has 0 spiro atoms. The van der Waals surface area contributed by atoms with Crippen molar-refractivity contribution in [2.24, 2.45) is 0 Å². The molecule has 0 amide bonds. The van der Waals surface area contributed by atoms with E-state index >= 15 is 0 Å². The minimum atomic E-state index is -3.66. The monoisotopic (exact) mass is 398 g/mol. The van der Waals surface area contributed by atoms with Crippen molar-refractivity contribution in [3.8, 4) is 5.75 Å². The second-order valence-electron chi connectivity index (χ2n) is 6.18. The van der Waals surface area contributed by atoms with Crippen LogP contribution in [0.3, 0.4) is 0 Å². The first-order valence-electron chi connectivity index (χ1n) is 8.52. The van der Waals surface area contributed by atoms with Crippen molar-refractivity contribution >= 4 is 33.1 Å². The maximum Gasteiger partial charge on any atom is 0.258 e. The number of fused-ring (bicyclic) bond motifs is 1. The Kier molecular flexibility index (Phi) is 4.96. The molecule has 0 atom stereocenters. The molecule has 0 aliphatic heterocycles. The van der Waals surface area contributed by atoms with Gasteiger partial charge in [-0.05, 0) is 42.2 Å². The van der Waals surface area contributed by atoms with Crippen LogP contribution in [0.2, 0.25) is 0 Å². The predicted molar refractivity (Wildman–Crippen MR) is 108 cm³/mol. The summed E-state index contributed by atoms with van der Waals surface area (Å²) in [5, 5.41) is 1.90. The molecule has 0 bridgehead atoms. The number of allylic oxidation sites excluding steroid dienone is 1. The summed E-state index contributed by atoms with van der Waals surface area (Å²) in [6, 6.07) is 14.9. The van der Waals surface area contributed by atoms with E-state index in [0.717, 1.165) is 11.3 Å². The number of sulfonamides is 1. The van der Waals surface area contributed by atoms with Crippen LogP contribution in [0, 0.1) is 0 Å². The summed E-state index contributed by atoms with van der Waals surface area (Å²) in [6.45, 7) is 0.290. The number of nitrogens with zero attached hydrogens (tertiary/aromatic N) is 1. The first kappa shape index (κ1) is 17.8. The largest absolute Gasteiger partial charge is 0.485 e. The molecular weight excluding hydrogens is 380 g/mol. The van der Waals surface area contributed by atoms with Gasteiger partial charge in [-0.2, -0.15) is 0 Å². The Labute approximate surface area is 162 Å². The molecule has 1 heterocycles. The topological polar surface area (TPSA) is 68.3 Å². The summed E-state index contributed by atoms with van der Waals surface area (Å²) in [6.07, 6.45) is 2.94. The lowest BCUT2D eigenvalue weighted by molar-refractivity contribution is 0.304. The third-order valence-corrected chi connectivity index (χ3v) is 6.48. The van der Waals surface area contributed by atoms with Gasteiger partial charge in [0.1, 0.15) is 12.4 Å². The molecule has 0 unspecified atom stereocenters. The zero-order valence-electron chi connectivity index (χ0n) is 14.5. The van der Waals surface area contributed by atoms with E-state index in [2.05, 4.69) is 9.71 Å². The van der Waals surface area contributed by atoms with Crippen molar-refractivity contribution in [1.82, 2.24) is 4.98 Å². The summed E-state index contributed by atoms with van der Waals surface area (Å²) >= 11 is 1.49. The maximum atomic E-state index is 12.9. The van der Waals surface area contributed by atoms with Crippen LogP contribution in [0.15, 0.2) is 64.3 Å². The highest BCUT2D eigenvalue weighted by Gasteiger charge is 2.22. The molecule has 1 N–H and O–H groups in total. The number of hydrogen-bond acceptors (Lipinski definition) is 5. The molecule has 27 heavy (non-hydrogen) atoms. The Bertz CT molecular complexity index is 1070. The van der Waals surface area contributed by atoms with Gasteiger partial charge in [0.15, 0.2) is 0 Å². The van der Waals surface area contributed by atoms with Gasteiger partial charge >= 0.3 is 0 Å². The summed E-state index contributed by atoms with van der Waals surface area (Å²) in [5.41, 5.74) is 5.10. The molecule has 4 rings (SSSR count). The van der Waals surface area contributed by atoms with E-state index in [9.17, 15) is 8.42 Å². The number of anilines is 1. The van der Waals surface area contributed by atoms with Crippen molar-refractivity contribution in [2.75, 3.05) is 4.72 Å². The maximum absolute atomic E-state index is 12.9. The van der Waals surface area contributed by atoms with E-state index < -0.39 is 10.0 Å². The van der Waals surface area contributed by atoms with Crippen LogP contribution in [0.4, 0.5) is 5.69 Å². The van der Waals surface area contributed by atoms with E-state index in [0.29, 0.717) is 29.2 Å². The fraction of sp³-hybridized carbons (Fsp3) is 0.150. The van der Waals surface area contributed by atoms with Crippen LogP contribution in [-0.2, 0) is 23.1 Å². The summed E-state index contributed by atoms with van der Waals surface area (Å²) in [4.78, 5) is 4.56. The molecule has 1 aliphatic rings. The van der Waals surface area contributed by atoms with Crippen LogP contribution in [0.1, 0.15) is 23.2 Å². The van der Waals surface area contributed by atoms with Crippen molar-refractivity contribution in [2.45, 2.75) is 19.4 Å². The number of thiazole rings is 1. The first-order valence-corrected chi connectivity index (χ1v) is 10.9. The molecule has 2 aromatic carbocycles. The minimum absolute atomic E-state index is 0.290. The molecule has 0 fully saturated rings. The Morgan fingerprint density at radius 1 is 1.07 bits per heavy atom. The molecule has 138 valence electrons. The lowest BCUT2D eigenvalue weighted by Crippen LogP contribution is -2.18. The Balaban J connectivity index is 1.56. The van der Waals surface area contributed by atoms with Gasteiger partial charge in [-0.25, -0.2) is 13.4 Å². The summed E-state index contributed by atoms with van der Waals surface area (Å²) in [7, 11) is -3.66. The second kappa shape index (κ2) is 7.54. The van der Waals surface area contributed by atoms with Crippen LogP contribution in [-0.4, -0.2) is 13.4 Å². The SMILES string of the molecule is O=S(=O)(Nc1ccccc1OCc1cscn1)C1=Cc2ccccc2CC1. The molecule has 0 saturated carbocycles. The first-order chi connectivity index (χ1) is 13.1. The average molecular weight is 399 g/mol.